The Hall–Kier alpha value is -3.50. The minimum atomic E-state index is -3.55. The fourth-order valence-corrected chi connectivity index (χ4v) is 4.67. The summed E-state index contributed by atoms with van der Waals surface area (Å²) in [7, 11) is -0.554. The number of hydrogen-bond acceptors (Lipinski definition) is 6. The van der Waals surface area contributed by atoms with E-state index in [2.05, 4.69) is 15.3 Å². The molecule has 0 aliphatic heterocycles. The molecule has 2 aromatic heterocycles. The second kappa shape index (κ2) is 9.40. The predicted octanol–water partition coefficient (Wildman–Crippen LogP) is 3.84. The van der Waals surface area contributed by atoms with Crippen LogP contribution in [0.3, 0.4) is 0 Å². The molecule has 1 amide bonds. The minimum Gasteiger partial charge on any atom is -0.449 e. The van der Waals surface area contributed by atoms with Gasteiger partial charge in [0.05, 0.1) is 15.9 Å². The van der Waals surface area contributed by atoms with Gasteiger partial charge in [0.15, 0.2) is 5.89 Å². The van der Waals surface area contributed by atoms with Gasteiger partial charge in [-0.3, -0.25) is 4.79 Å². The summed E-state index contributed by atoms with van der Waals surface area (Å²) in [6.45, 7) is 4.44. The highest BCUT2D eigenvalue weighted by Crippen LogP contribution is 2.24. The summed E-state index contributed by atoms with van der Waals surface area (Å²) < 4.78 is 33.3. The molecule has 10 heteroatoms. The average Bonchev–Trinajstić information content (AvgIpc) is 3.40. The van der Waals surface area contributed by atoms with Gasteiger partial charge in [-0.1, -0.05) is 12.1 Å². The van der Waals surface area contributed by atoms with Gasteiger partial charge in [0, 0.05) is 51.7 Å². The zero-order chi connectivity index (χ0) is 24.5. The lowest BCUT2D eigenvalue weighted by molar-refractivity contribution is -0.116. The molecule has 0 atom stereocenters. The maximum absolute atomic E-state index is 12.6. The van der Waals surface area contributed by atoms with Crippen LogP contribution in [0.25, 0.3) is 22.3 Å². The molecule has 0 radical (unpaired) electrons. The van der Waals surface area contributed by atoms with E-state index in [1.807, 2.05) is 35.8 Å². The summed E-state index contributed by atoms with van der Waals surface area (Å²) in [5, 5.41) is 2.90. The van der Waals surface area contributed by atoms with Gasteiger partial charge in [-0.2, -0.15) is 0 Å². The van der Waals surface area contributed by atoms with Gasteiger partial charge in [0.1, 0.15) is 17.8 Å². The molecule has 178 valence electrons. The van der Waals surface area contributed by atoms with E-state index in [9.17, 15) is 13.2 Å². The van der Waals surface area contributed by atoms with Crippen LogP contribution in [-0.4, -0.2) is 47.3 Å². The van der Waals surface area contributed by atoms with Gasteiger partial charge in [0.2, 0.25) is 15.9 Å². The Labute approximate surface area is 198 Å². The standard InChI is InChI=1S/C24H27N5O4S/c1-5-29-22-11-10-19(34(31,32)28(3)4)14-20(22)27-23(29)12-13-24(30)26-18-8-6-17(7-9-18)21-15-33-16(2)25-21/h6-11,14-15H,5,12-13H2,1-4H3,(H,26,30). The van der Waals surface area contributed by atoms with Gasteiger partial charge in [-0.15, -0.1) is 0 Å². The Morgan fingerprint density at radius 3 is 2.47 bits per heavy atom. The van der Waals surface area contributed by atoms with Crippen LogP contribution in [0.5, 0.6) is 0 Å². The smallest absolute Gasteiger partial charge is 0.242 e. The van der Waals surface area contributed by atoms with E-state index in [4.69, 9.17) is 4.42 Å². The maximum atomic E-state index is 12.6. The van der Waals surface area contributed by atoms with Crippen LogP contribution in [-0.2, 0) is 27.8 Å². The summed E-state index contributed by atoms with van der Waals surface area (Å²) in [5.41, 5.74) is 3.78. The van der Waals surface area contributed by atoms with Gasteiger partial charge >= 0.3 is 0 Å². The zero-order valence-corrected chi connectivity index (χ0v) is 20.4. The number of carbonyl (C=O) groups excluding carboxylic acids is 1. The zero-order valence-electron chi connectivity index (χ0n) is 19.6. The van der Waals surface area contributed by atoms with E-state index in [-0.39, 0.29) is 17.2 Å². The molecule has 9 nitrogen and oxygen atoms in total. The van der Waals surface area contributed by atoms with Gasteiger partial charge in [0.25, 0.3) is 0 Å². The molecule has 0 unspecified atom stereocenters. The van der Waals surface area contributed by atoms with Crippen molar-refractivity contribution in [3.8, 4) is 11.3 Å². The van der Waals surface area contributed by atoms with Crippen molar-refractivity contribution in [1.29, 1.82) is 0 Å². The lowest BCUT2D eigenvalue weighted by Crippen LogP contribution is -2.22. The average molecular weight is 482 g/mol. The summed E-state index contributed by atoms with van der Waals surface area (Å²) in [6, 6.07) is 12.3. The van der Waals surface area contributed by atoms with Crippen LogP contribution in [0, 0.1) is 6.92 Å². The molecule has 0 saturated heterocycles. The molecule has 2 aromatic carbocycles. The third-order valence-electron chi connectivity index (χ3n) is 5.55. The summed E-state index contributed by atoms with van der Waals surface area (Å²) in [5.74, 6) is 1.21. The van der Waals surface area contributed by atoms with Crippen LogP contribution in [0.4, 0.5) is 5.69 Å². The molecular formula is C24H27N5O4S. The first-order valence-electron chi connectivity index (χ1n) is 10.9. The first kappa shape index (κ1) is 23.7. The Morgan fingerprint density at radius 2 is 1.85 bits per heavy atom. The maximum Gasteiger partial charge on any atom is 0.242 e. The SMILES string of the molecule is CCn1c(CCC(=O)Nc2ccc(-c3coc(C)n3)cc2)nc2cc(S(=O)(=O)N(C)C)ccc21. The van der Waals surface area contributed by atoms with E-state index in [1.165, 1.54) is 18.4 Å². The van der Waals surface area contributed by atoms with E-state index < -0.39 is 10.0 Å². The molecule has 0 bridgehead atoms. The van der Waals surface area contributed by atoms with Gasteiger partial charge in [-0.05, 0) is 37.3 Å². The fourth-order valence-electron chi connectivity index (χ4n) is 3.74. The van der Waals surface area contributed by atoms with Crippen molar-refractivity contribution >= 4 is 32.7 Å². The number of amides is 1. The first-order chi connectivity index (χ1) is 16.2. The van der Waals surface area contributed by atoms with E-state index >= 15 is 0 Å². The van der Waals surface area contributed by atoms with Crippen molar-refractivity contribution in [2.75, 3.05) is 19.4 Å². The first-order valence-corrected chi connectivity index (χ1v) is 12.4. The van der Waals surface area contributed by atoms with E-state index in [0.717, 1.165) is 22.6 Å². The molecule has 0 spiro atoms. The quantitative estimate of drug-likeness (QED) is 0.409. The monoisotopic (exact) mass is 481 g/mol. The number of sulfonamides is 1. The molecule has 0 aliphatic rings. The van der Waals surface area contributed by atoms with E-state index in [1.54, 1.807) is 31.4 Å². The van der Waals surface area contributed by atoms with Gasteiger partial charge in [-0.25, -0.2) is 22.7 Å². The summed E-state index contributed by atoms with van der Waals surface area (Å²) >= 11 is 0. The number of carbonyl (C=O) groups is 1. The topological polar surface area (TPSA) is 110 Å². The largest absolute Gasteiger partial charge is 0.449 e. The molecule has 0 aliphatic carbocycles. The highest BCUT2D eigenvalue weighted by atomic mass is 32.2. The van der Waals surface area contributed by atoms with Crippen molar-refractivity contribution in [2.24, 2.45) is 0 Å². The normalized spacial score (nSPS) is 11.9. The predicted molar refractivity (Wildman–Crippen MR) is 130 cm³/mol. The highest BCUT2D eigenvalue weighted by Gasteiger charge is 2.19. The van der Waals surface area contributed by atoms with Crippen LogP contribution < -0.4 is 5.32 Å². The lowest BCUT2D eigenvalue weighted by Gasteiger charge is -2.11. The van der Waals surface area contributed by atoms with Crippen molar-refractivity contribution in [2.45, 2.75) is 38.1 Å². The molecule has 34 heavy (non-hydrogen) atoms. The third kappa shape index (κ3) is 4.73. The number of oxazole rings is 1. The Morgan fingerprint density at radius 1 is 1.12 bits per heavy atom. The van der Waals surface area contributed by atoms with Crippen LogP contribution in [0.2, 0.25) is 0 Å². The number of hydrogen-bond donors (Lipinski definition) is 1. The number of fused-ring (bicyclic) bond motifs is 1. The number of aromatic nitrogens is 3. The number of nitrogens with zero attached hydrogens (tertiary/aromatic N) is 4. The number of aryl methyl sites for hydroxylation is 3. The van der Waals surface area contributed by atoms with Crippen LogP contribution >= 0.6 is 0 Å². The Balaban J connectivity index is 1.45. The molecule has 4 rings (SSSR count). The molecule has 1 N–H and O–H groups in total. The molecule has 4 aromatic rings. The van der Waals surface area contributed by atoms with Crippen molar-refractivity contribution < 1.29 is 17.6 Å². The number of benzene rings is 2. The number of anilines is 1. The number of rotatable bonds is 8. The fraction of sp³-hybridized carbons (Fsp3) is 0.292. The Kier molecular flexibility index (Phi) is 6.54. The molecule has 2 heterocycles. The van der Waals surface area contributed by atoms with Crippen molar-refractivity contribution in [1.82, 2.24) is 18.8 Å². The number of imidazole rings is 1. The Bertz CT molecular complexity index is 1440. The molecule has 0 fully saturated rings. The van der Waals surface area contributed by atoms with Crippen LogP contribution in [0.1, 0.15) is 25.1 Å². The second-order valence-electron chi connectivity index (χ2n) is 8.09. The van der Waals surface area contributed by atoms with Crippen molar-refractivity contribution in [3.63, 3.8) is 0 Å². The number of nitrogens with one attached hydrogen (secondary N) is 1. The summed E-state index contributed by atoms with van der Waals surface area (Å²) in [6.07, 6.45) is 2.28. The molecular weight excluding hydrogens is 454 g/mol. The van der Waals surface area contributed by atoms with Crippen molar-refractivity contribution in [3.05, 3.63) is 60.4 Å². The van der Waals surface area contributed by atoms with E-state index in [0.29, 0.717) is 30.1 Å². The summed E-state index contributed by atoms with van der Waals surface area (Å²) in [4.78, 5) is 21.7. The second-order valence-corrected chi connectivity index (χ2v) is 10.2. The van der Waals surface area contributed by atoms with Crippen LogP contribution in [0.15, 0.2) is 58.0 Å². The third-order valence-corrected chi connectivity index (χ3v) is 7.36. The van der Waals surface area contributed by atoms with Gasteiger partial charge < -0.3 is 14.3 Å². The minimum absolute atomic E-state index is 0.129. The lowest BCUT2D eigenvalue weighted by atomic mass is 10.1. The molecule has 0 saturated carbocycles. The highest BCUT2D eigenvalue weighted by molar-refractivity contribution is 7.89.